The number of esters is 1. The van der Waals surface area contributed by atoms with Crippen LogP contribution in [0, 0.1) is 5.82 Å². The van der Waals surface area contributed by atoms with E-state index < -0.39 is 34.5 Å². The lowest BCUT2D eigenvalue weighted by Crippen LogP contribution is -2.41. The fourth-order valence-electron chi connectivity index (χ4n) is 2.26. The van der Waals surface area contributed by atoms with Gasteiger partial charge in [0.2, 0.25) is 10.0 Å². The van der Waals surface area contributed by atoms with E-state index in [1.165, 1.54) is 31.2 Å². The first-order valence-corrected chi connectivity index (χ1v) is 10.0. The van der Waals surface area contributed by atoms with Crippen LogP contribution < -0.4 is 10.0 Å². The van der Waals surface area contributed by atoms with Crippen molar-refractivity contribution in [3.63, 3.8) is 0 Å². The fourth-order valence-corrected chi connectivity index (χ4v) is 3.47. The molecule has 2 rings (SSSR count). The van der Waals surface area contributed by atoms with Gasteiger partial charge in [0.05, 0.1) is 4.90 Å². The number of rotatable bonds is 9. The molecule has 2 aromatic carbocycles. The number of ether oxygens (including phenoxy) is 1. The number of amides is 1. The normalized spacial score (nSPS) is 12.2. The highest BCUT2D eigenvalue weighted by Gasteiger charge is 2.23. The lowest BCUT2D eigenvalue weighted by Gasteiger charge is -2.13. The van der Waals surface area contributed by atoms with Crippen molar-refractivity contribution in [2.75, 3.05) is 13.2 Å². The molecule has 2 aromatic rings. The van der Waals surface area contributed by atoms with E-state index in [2.05, 4.69) is 10.0 Å². The van der Waals surface area contributed by atoms with Crippen molar-refractivity contribution in [1.29, 1.82) is 0 Å². The Hall–Kier alpha value is -2.78. The van der Waals surface area contributed by atoms with E-state index in [-0.39, 0.29) is 17.3 Å². The van der Waals surface area contributed by atoms with E-state index in [0.717, 1.165) is 5.56 Å². The minimum absolute atomic E-state index is 0.0215. The number of hydrogen-bond donors (Lipinski definition) is 2. The van der Waals surface area contributed by atoms with Gasteiger partial charge in [-0.05, 0) is 43.2 Å². The average molecular weight is 408 g/mol. The molecular weight excluding hydrogens is 387 g/mol. The minimum Gasteiger partial charge on any atom is -0.454 e. The highest BCUT2D eigenvalue weighted by molar-refractivity contribution is 7.89. The van der Waals surface area contributed by atoms with Crippen LogP contribution in [0.25, 0.3) is 0 Å². The van der Waals surface area contributed by atoms with E-state index in [1.54, 1.807) is 30.3 Å². The van der Waals surface area contributed by atoms with Gasteiger partial charge in [-0.15, -0.1) is 0 Å². The van der Waals surface area contributed by atoms with Gasteiger partial charge in [-0.2, -0.15) is 4.72 Å². The Balaban J connectivity index is 1.73. The van der Waals surface area contributed by atoms with Crippen molar-refractivity contribution in [2.45, 2.75) is 24.3 Å². The number of carbonyl (C=O) groups excluding carboxylic acids is 2. The maximum Gasteiger partial charge on any atom is 0.324 e. The molecule has 0 fully saturated rings. The fraction of sp³-hybridized carbons (Fsp3) is 0.263. The third-order valence-electron chi connectivity index (χ3n) is 3.73. The average Bonchev–Trinajstić information content (AvgIpc) is 2.68. The molecule has 1 atom stereocenters. The Morgan fingerprint density at radius 1 is 1.07 bits per heavy atom. The van der Waals surface area contributed by atoms with Gasteiger partial charge in [0.15, 0.2) is 6.61 Å². The molecule has 0 bridgehead atoms. The van der Waals surface area contributed by atoms with Crippen molar-refractivity contribution >= 4 is 21.9 Å². The van der Waals surface area contributed by atoms with Crippen LogP contribution in [0.4, 0.5) is 4.39 Å². The third kappa shape index (κ3) is 6.75. The highest BCUT2D eigenvalue weighted by atomic mass is 32.2. The second-order valence-electron chi connectivity index (χ2n) is 5.99. The molecule has 0 aliphatic rings. The second kappa shape index (κ2) is 9.95. The number of halogens is 1. The van der Waals surface area contributed by atoms with Gasteiger partial charge in [-0.3, -0.25) is 9.59 Å². The maximum atomic E-state index is 12.8. The first-order valence-electron chi connectivity index (χ1n) is 8.53. The number of hydrogen-bond acceptors (Lipinski definition) is 5. The Labute approximate surface area is 163 Å². The topological polar surface area (TPSA) is 102 Å². The summed E-state index contributed by atoms with van der Waals surface area (Å²) in [6.45, 7) is 1.09. The summed E-state index contributed by atoms with van der Waals surface area (Å²) in [6.07, 6.45) is 0.493. The molecule has 0 spiro atoms. The van der Waals surface area contributed by atoms with E-state index >= 15 is 0 Å². The van der Waals surface area contributed by atoms with Gasteiger partial charge in [-0.1, -0.05) is 30.3 Å². The molecule has 0 aliphatic carbocycles. The number of benzene rings is 2. The SMILES string of the molecule is C[C@H](NS(=O)(=O)c1ccccc1)C(=O)OCC(=O)NCCc1ccc(F)cc1. The Morgan fingerprint density at radius 3 is 2.36 bits per heavy atom. The van der Waals surface area contributed by atoms with E-state index in [0.29, 0.717) is 6.42 Å². The zero-order chi connectivity index (χ0) is 20.6. The van der Waals surface area contributed by atoms with Crippen LogP contribution in [0.15, 0.2) is 59.5 Å². The second-order valence-corrected chi connectivity index (χ2v) is 7.70. The number of carbonyl (C=O) groups is 2. The summed E-state index contributed by atoms with van der Waals surface area (Å²) in [4.78, 5) is 23.7. The van der Waals surface area contributed by atoms with Crippen LogP contribution >= 0.6 is 0 Å². The van der Waals surface area contributed by atoms with Gasteiger partial charge in [0, 0.05) is 6.54 Å². The molecule has 1 amide bonds. The smallest absolute Gasteiger partial charge is 0.324 e. The van der Waals surface area contributed by atoms with Gasteiger partial charge in [0.1, 0.15) is 11.9 Å². The van der Waals surface area contributed by atoms with Gasteiger partial charge in [-0.25, -0.2) is 12.8 Å². The van der Waals surface area contributed by atoms with Crippen LogP contribution in [-0.4, -0.2) is 39.5 Å². The van der Waals surface area contributed by atoms with Crippen molar-refractivity contribution in [3.8, 4) is 0 Å². The molecule has 2 N–H and O–H groups in total. The van der Waals surface area contributed by atoms with Gasteiger partial charge >= 0.3 is 5.97 Å². The quantitative estimate of drug-likeness (QED) is 0.611. The lowest BCUT2D eigenvalue weighted by molar-refractivity contribution is -0.149. The summed E-state index contributed by atoms with van der Waals surface area (Å²) >= 11 is 0. The van der Waals surface area contributed by atoms with Crippen LogP contribution in [0.2, 0.25) is 0 Å². The zero-order valence-corrected chi connectivity index (χ0v) is 16.0. The van der Waals surface area contributed by atoms with Gasteiger partial charge < -0.3 is 10.1 Å². The Morgan fingerprint density at radius 2 is 1.71 bits per heavy atom. The number of sulfonamides is 1. The molecule has 150 valence electrons. The molecule has 7 nitrogen and oxygen atoms in total. The first kappa shape index (κ1) is 21.5. The summed E-state index contributed by atoms with van der Waals surface area (Å²) in [5.41, 5.74) is 0.850. The molecule has 0 heterocycles. The zero-order valence-electron chi connectivity index (χ0n) is 15.2. The Kier molecular flexibility index (Phi) is 7.65. The predicted octanol–water partition coefficient (Wildman–Crippen LogP) is 1.39. The monoisotopic (exact) mass is 408 g/mol. The largest absolute Gasteiger partial charge is 0.454 e. The number of nitrogens with one attached hydrogen (secondary N) is 2. The summed E-state index contributed by atoms with van der Waals surface area (Å²) in [5.74, 6) is -1.72. The molecule has 0 unspecified atom stereocenters. The van der Waals surface area contributed by atoms with Crippen molar-refractivity contribution < 1.29 is 27.1 Å². The molecule has 0 saturated heterocycles. The predicted molar refractivity (Wildman–Crippen MR) is 100 cm³/mol. The van der Waals surface area contributed by atoms with Crippen molar-refractivity contribution in [3.05, 3.63) is 66.0 Å². The van der Waals surface area contributed by atoms with Crippen LogP contribution in [-0.2, 0) is 30.8 Å². The summed E-state index contributed by atoms with van der Waals surface area (Å²) in [6, 6.07) is 12.3. The molecule has 9 heteroatoms. The highest BCUT2D eigenvalue weighted by Crippen LogP contribution is 2.08. The molecule has 0 saturated carbocycles. The van der Waals surface area contributed by atoms with E-state index in [4.69, 9.17) is 4.74 Å². The van der Waals surface area contributed by atoms with Crippen molar-refractivity contribution in [2.24, 2.45) is 0 Å². The molecule has 0 radical (unpaired) electrons. The van der Waals surface area contributed by atoms with Crippen LogP contribution in [0.1, 0.15) is 12.5 Å². The van der Waals surface area contributed by atoms with Crippen LogP contribution in [0.5, 0.6) is 0 Å². The van der Waals surface area contributed by atoms with Gasteiger partial charge in [0.25, 0.3) is 5.91 Å². The maximum absolute atomic E-state index is 12.8. The molecule has 28 heavy (non-hydrogen) atoms. The van der Waals surface area contributed by atoms with E-state index in [1.807, 2.05) is 0 Å². The molecule has 0 aliphatic heterocycles. The first-order chi connectivity index (χ1) is 13.3. The molecule has 0 aromatic heterocycles. The lowest BCUT2D eigenvalue weighted by atomic mass is 10.1. The third-order valence-corrected chi connectivity index (χ3v) is 5.29. The minimum atomic E-state index is -3.87. The summed E-state index contributed by atoms with van der Waals surface area (Å²) in [5, 5.41) is 2.57. The van der Waals surface area contributed by atoms with Crippen molar-refractivity contribution in [1.82, 2.24) is 10.0 Å². The van der Waals surface area contributed by atoms with Crippen LogP contribution in [0.3, 0.4) is 0 Å². The summed E-state index contributed by atoms with van der Waals surface area (Å²) in [7, 11) is -3.87. The molecular formula is C19H21FN2O5S. The Bertz CT molecular complexity index is 902. The van der Waals surface area contributed by atoms with E-state index in [9.17, 15) is 22.4 Å². The standard InChI is InChI=1S/C19H21FN2O5S/c1-14(22-28(25,26)17-5-3-2-4-6-17)19(24)27-13-18(23)21-12-11-15-7-9-16(20)10-8-15/h2-10,14,22H,11-13H2,1H3,(H,21,23)/t14-/m0/s1. The summed E-state index contributed by atoms with van der Waals surface area (Å²) < 4.78 is 44.2.